The van der Waals surface area contributed by atoms with Gasteiger partial charge in [0.15, 0.2) is 0 Å². The summed E-state index contributed by atoms with van der Waals surface area (Å²) in [6.07, 6.45) is 0.949. The zero-order valence-corrected chi connectivity index (χ0v) is 6.64. The number of benzene rings is 1. The lowest BCUT2D eigenvalue weighted by Crippen LogP contribution is -1.88. The second-order valence-electron chi connectivity index (χ2n) is 2.14. The van der Waals surface area contributed by atoms with Crippen molar-refractivity contribution in [3.8, 4) is 0 Å². The summed E-state index contributed by atoms with van der Waals surface area (Å²) in [5.41, 5.74) is 0.628. The minimum Gasteiger partial charge on any atom is -0.303 e. The van der Waals surface area contributed by atoms with Gasteiger partial charge in [0, 0.05) is 11.3 Å². The fourth-order valence-corrected chi connectivity index (χ4v) is 1.04. The van der Waals surface area contributed by atoms with Crippen molar-refractivity contribution in [2.75, 3.05) is 0 Å². The summed E-state index contributed by atoms with van der Waals surface area (Å²) >= 11 is 4.05. The maximum atomic E-state index is 12.5. The predicted molar refractivity (Wildman–Crippen MR) is 43.4 cm³/mol. The lowest BCUT2D eigenvalue weighted by molar-refractivity contribution is -0.107. The van der Waals surface area contributed by atoms with Crippen LogP contribution in [0.3, 0.4) is 0 Å². The summed E-state index contributed by atoms with van der Waals surface area (Å²) in [5.74, 6) is -0.334. The van der Waals surface area contributed by atoms with Crippen molar-refractivity contribution < 1.29 is 9.18 Å². The summed E-state index contributed by atoms with van der Waals surface area (Å²) in [6, 6.07) is 4.17. The fourth-order valence-electron chi connectivity index (χ4n) is 0.807. The average molecular weight is 170 g/mol. The zero-order chi connectivity index (χ0) is 8.27. The van der Waals surface area contributed by atoms with Gasteiger partial charge in [-0.15, -0.1) is 12.6 Å². The van der Waals surface area contributed by atoms with Crippen molar-refractivity contribution in [1.29, 1.82) is 0 Å². The molecule has 0 fully saturated rings. The summed E-state index contributed by atoms with van der Waals surface area (Å²) in [5, 5.41) is 0. The van der Waals surface area contributed by atoms with Gasteiger partial charge < -0.3 is 4.79 Å². The van der Waals surface area contributed by atoms with Crippen LogP contribution in [0.25, 0.3) is 0 Å². The lowest BCUT2D eigenvalue weighted by Gasteiger charge is -1.99. The molecule has 0 aliphatic carbocycles. The molecule has 0 atom stereocenters. The van der Waals surface area contributed by atoms with E-state index in [1.807, 2.05) is 0 Å². The third-order valence-corrected chi connectivity index (χ3v) is 1.78. The molecule has 0 amide bonds. The summed E-state index contributed by atoms with van der Waals surface area (Å²) in [7, 11) is 0. The van der Waals surface area contributed by atoms with E-state index in [-0.39, 0.29) is 12.2 Å². The molecule has 0 aliphatic heterocycles. The Morgan fingerprint density at radius 2 is 2.27 bits per heavy atom. The van der Waals surface area contributed by atoms with Gasteiger partial charge in [-0.1, -0.05) is 0 Å². The van der Waals surface area contributed by atoms with Crippen molar-refractivity contribution in [3.63, 3.8) is 0 Å². The molecule has 0 aliphatic rings. The molecule has 1 aromatic rings. The Morgan fingerprint density at radius 3 is 2.91 bits per heavy atom. The molecule has 0 N–H and O–H groups in total. The number of halogens is 1. The largest absolute Gasteiger partial charge is 0.303 e. The van der Waals surface area contributed by atoms with Crippen molar-refractivity contribution >= 4 is 18.9 Å². The normalized spacial score (nSPS) is 9.64. The van der Waals surface area contributed by atoms with Crippen molar-refractivity contribution in [1.82, 2.24) is 0 Å². The molecule has 3 heteroatoms. The molecule has 0 heterocycles. The highest BCUT2D eigenvalue weighted by Crippen LogP contribution is 2.14. The van der Waals surface area contributed by atoms with Crippen LogP contribution in [0.1, 0.15) is 5.56 Å². The standard InChI is InChI=1S/C8H7FOS/c9-7-1-2-8(11)6(5-7)3-4-10/h1-2,4-5,11H,3H2. The van der Waals surface area contributed by atoms with Crippen LogP contribution in [-0.4, -0.2) is 6.29 Å². The molecule has 0 spiro atoms. The molecule has 0 saturated carbocycles. The highest BCUT2D eigenvalue weighted by atomic mass is 32.1. The molecule has 0 radical (unpaired) electrons. The first kappa shape index (κ1) is 8.27. The van der Waals surface area contributed by atoms with Gasteiger partial charge in [-0.05, 0) is 23.8 Å². The van der Waals surface area contributed by atoms with Gasteiger partial charge in [0.25, 0.3) is 0 Å². The van der Waals surface area contributed by atoms with Crippen LogP contribution < -0.4 is 0 Å². The first-order chi connectivity index (χ1) is 5.24. The minimum atomic E-state index is -0.334. The number of carbonyl (C=O) groups is 1. The van der Waals surface area contributed by atoms with E-state index >= 15 is 0 Å². The minimum absolute atomic E-state index is 0.219. The van der Waals surface area contributed by atoms with E-state index < -0.39 is 0 Å². The van der Waals surface area contributed by atoms with E-state index in [9.17, 15) is 9.18 Å². The number of hydrogen-bond acceptors (Lipinski definition) is 2. The molecular weight excluding hydrogens is 163 g/mol. The van der Waals surface area contributed by atoms with Gasteiger partial charge in [0.2, 0.25) is 0 Å². The van der Waals surface area contributed by atoms with E-state index in [1.165, 1.54) is 18.2 Å². The SMILES string of the molecule is O=CCc1cc(F)ccc1S. The molecule has 0 aromatic heterocycles. The predicted octanol–water partition coefficient (Wildman–Crippen LogP) is 1.86. The molecule has 11 heavy (non-hydrogen) atoms. The Balaban J connectivity index is 3.01. The molecular formula is C8H7FOS. The molecule has 0 saturated heterocycles. The molecule has 1 aromatic carbocycles. The lowest BCUT2D eigenvalue weighted by atomic mass is 10.2. The van der Waals surface area contributed by atoms with Crippen LogP contribution in [-0.2, 0) is 11.2 Å². The van der Waals surface area contributed by atoms with E-state index in [4.69, 9.17) is 0 Å². The van der Waals surface area contributed by atoms with Crippen molar-refractivity contribution in [2.45, 2.75) is 11.3 Å². The Morgan fingerprint density at radius 1 is 1.55 bits per heavy atom. The van der Waals surface area contributed by atoms with E-state index in [0.717, 1.165) is 6.29 Å². The Labute approximate surface area is 69.6 Å². The summed E-state index contributed by atoms with van der Waals surface area (Å²) in [4.78, 5) is 10.7. The molecule has 0 unspecified atom stereocenters. The van der Waals surface area contributed by atoms with Gasteiger partial charge in [-0.3, -0.25) is 0 Å². The number of rotatable bonds is 2. The Kier molecular flexibility index (Phi) is 2.65. The topological polar surface area (TPSA) is 17.1 Å². The summed E-state index contributed by atoms with van der Waals surface area (Å²) in [6.45, 7) is 0. The second-order valence-corrected chi connectivity index (χ2v) is 2.63. The number of carbonyl (C=O) groups excluding carboxylic acids is 1. The van der Waals surface area contributed by atoms with E-state index in [2.05, 4.69) is 12.6 Å². The number of thiol groups is 1. The Bertz CT molecular complexity index is 273. The van der Waals surface area contributed by atoms with Gasteiger partial charge in [-0.25, -0.2) is 4.39 Å². The molecule has 58 valence electrons. The molecule has 1 nitrogen and oxygen atoms in total. The van der Waals surface area contributed by atoms with E-state index in [0.29, 0.717) is 10.5 Å². The monoisotopic (exact) mass is 170 g/mol. The number of aldehydes is 1. The van der Waals surface area contributed by atoms with Gasteiger partial charge in [0.05, 0.1) is 0 Å². The zero-order valence-electron chi connectivity index (χ0n) is 5.75. The molecule has 0 bridgehead atoms. The van der Waals surface area contributed by atoms with Crippen molar-refractivity contribution in [3.05, 3.63) is 29.6 Å². The second kappa shape index (κ2) is 3.53. The summed E-state index contributed by atoms with van der Waals surface area (Å²) < 4.78 is 12.5. The van der Waals surface area contributed by atoms with Gasteiger partial charge in [-0.2, -0.15) is 0 Å². The van der Waals surface area contributed by atoms with Crippen LogP contribution in [0, 0.1) is 5.82 Å². The molecule has 1 rings (SSSR count). The highest BCUT2D eigenvalue weighted by molar-refractivity contribution is 7.80. The first-order valence-electron chi connectivity index (χ1n) is 3.15. The van der Waals surface area contributed by atoms with E-state index in [1.54, 1.807) is 0 Å². The van der Waals surface area contributed by atoms with Crippen LogP contribution in [0.15, 0.2) is 23.1 Å². The van der Waals surface area contributed by atoms with Gasteiger partial charge in [0.1, 0.15) is 12.1 Å². The van der Waals surface area contributed by atoms with Crippen molar-refractivity contribution in [2.24, 2.45) is 0 Å². The number of hydrogen-bond donors (Lipinski definition) is 1. The van der Waals surface area contributed by atoms with Crippen LogP contribution in [0.5, 0.6) is 0 Å². The van der Waals surface area contributed by atoms with Gasteiger partial charge >= 0.3 is 0 Å². The van der Waals surface area contributed by atoms with Crippen LogP contribution in [0.2, 0.25) is 0 Å². The maximum Gasteiger partial charge on any atom is 0.124 e. The maximum absolute atomic E-state index is 12.5. The van der Waals surface area contributed by atoms with Crippen LogP contribution >= 0.6 is 12.6 Å². The smallest absolute Gasteiger partial charge is 0.124 e. The third kappa shape index (κ3) is 2.05. The Hall–Kier alpha value is -0.830. The fraction of sp³-hybridized carbons (Fsp3) is 0.125. The van der Waals surface area contributed by atoms with Crippen LogP contribution in [0.4, 0.5) is 4.39 Å². The highest BCUT2D eigenvalue weighted by Gasteiger charge is 1.98. The first-order valence-corrected chi connectivity index (χ1v) is 3.60. The third-order valence-electron chi connectivity index (χ3n) is 1.34. The quantitative estimate of drug-likeness (QED) is 0.529. The average Bonchev–Trinajstić information content (AvgIpc) is 1.98.